The van der Waals surface area contributed by atoms with E-state index in [1.54, 1.807) is 0 Å². The Morgan fingerprint density at radius 3 is 2.60 bits per heavy atom. The third-order valence-electron chi connectivity index (χ3n) is 2.98. The molecule has 0 radical (unpaired) electrons. The number of hydrogen-bond acceptors (Lipinski definition) is 4. The molecule has 0 spiro atoms. The number of rotatable bonds is 6. The second kappa shape index (κ2) is 4.55. The molecule has 4 nitrogen and oxygen atoms in total. The molecule has 1 heterocycles. The van der Waals surface area contributed by atoms with Crippen LogP contribution in [0.5, 0.6) is 0 Å². The normalized spacial score (nSPS) is 17.4. The summed E-state index contributed by atoms with van der Waals surface area (Å²) in [6.07, 6.45) is 10.7. The first kappa shape index (κ1) is 10.3. The maximum Gasteiger partial charge on any atom is 0.226 e. The zero-order valence-electron chi connectivity index (χ0n) is 9.24. The first-order chi connectivity index (χ1) is 7.35. The smallest absolute Gasteiger partial charge is 0.226 e. The highest BCUT2D eigenvalue weighted by molar-refractivity contribution is 5.31. The Hall–Kier alpha value is -1.19. The molecule has 4 heteroatoms. The molecule has 0 atom stereocenters. The highest BCUT2D eigenvalue weighted by Gasteiger charge is 2.42. The van der Waals surface area contributed by atoms with Crippen LogP contribution in [0, 0.1) is 0 Å². The van der Waals surface area contributed by atoms with Gasteiger partial charge >= 0.3 is 0 Å². The minimum Gasteiger partial charge on any atom is -0.349 e. The fourth-order valence-corrected chi connectivity index (χ4v) is 1.84. The predicted octanol–water partition coefficient (Wildman–Crippen LogP) is 2.40. The van der Waals surface area contributed by atoms with Crippen LogP contribution in [0.25, 0.3) is 0 Å². The minimum atomic E-state index is 0.302. The Kier molecular flexibility index (Phi) is 3.14. The summed E-state index contributed by atoms with van der Waals surface area (Å²) in [6.45, 7) is 2.24. The summed E-state index contributed by atoms with van der Waals surface area (Å²) in [5.74, 6) is 0.721. The van der Waals surface area contributed by atoms with Gasteiger partial charge in [-0.25, -0.2) is 15.0 Å². The topological polar surface area (TPSA) is 50.7 Å². The highest BCUT2D eigenvalue weighted by Crippen LogP contribution is 2.42. The molecule has 0 unspecified atom stereocenters. The zero-order chi connectivity index (χ0) is 10.6. The Bertz CT molecular complexity index is 295. The molecule has 15 heavy (non-hydrogen) atoms. The summed E-state index contributed by atoms with van der Waals surface area (Å²) in [6, 6.07) is 0. The molecule has 1 N–H and O–H groups in total. The molecule has 0 amide bonds. The lowest BCUT2D eigenvalue weighted by Crippen LogP contribution is -2.22. The van der Waals surface area contributed by atoms with Crippen LogP contribution < -0.4 is 5.32 Å². The van der Waals surface area contributed by atoms with Crippen LogP contribution in [0.2, 0.25) is 0 Å². The molecule has 0 aliphatic heterocycles. The molecule has 82 valence electrons. The summed E-state index contributed by atoms with van der Waals surface area (Å²) in [5, 5.41) is 3.43. The Balaban J connectivity index is 1.83. The first-order valence-electron chi connectivity index (χ1n) is 5.75. The third kappa shape index (κ3) is 2.88. The SMILES string of the molecule is CCCCCC1(Nc2ncncn2)CC1. The standard InChI is InChI=1S/C11H18N4/c1-2-3-4-5-11(6-7-11)15-10-13-8-12-9-14-10/h8-9H,2-7H2,1H3,(H,12,13,14,15). The van der Waals surface area contributed by atoms with Gasteiger partial charge in [-0.3, -0.25) is 0 Å². The van der Waals surface area contributed by atoms with Crippen molar-refractivity contribution in [1.29, 1.82) is 0 Å². The monoisotopic (exact) mass is 206 g/mol. The van der Waals surface area contributed by atoms with Crippen LogP contribution in [0.1, 0.15) is 45.4 Å². The molecule has 1 fully saturated rings. The van der Waals surface area contributed by atoms with E-state index >= 15 is 0 Å². The molecule has 1 aromatic rings. The average molecular weight is 206 g/mol. The number of unbranched alkanes of at least 4 members (excludes halogenated alkanes) is 2. The van der Waals surface area contributed by atoms with Crippen LogP contribution in [0.3, 0.4) is 0 Å². The highest BCUT2D eigenvalue weighted by atomic mass is 15.2. The largest absolute Gasteiger partial charge is 0.349 e. The van der Waals surface area contributed by atoms with Crippen molar-refractivity contribution in [3.8, 4) is 0 Å². The summed E-state index contributed by atoms with van der Waals surface area (Å²) in [5.41, 5.74) is 0.302. The first-order valence-corrected chi connectivity index (χ1v) is 5.75. The molecule has 0 bridgehead atoms. The van der Waals surface area contributed by atoms with Crippen molar-refractivity contribution in [2.24, 2.45) is 0 Å². The van der Waals surface area contributed by atoms with E-state index < -0.39 is 0 Å². The molecular weight excluding hydrogens is 188 g/mol. The van der Waals surface area contributed by atoms with Gasteiger partial charge in [0, 0.05) is 5.54 Å². The molecule has 1 aliphatic carbocycles. The van der Waals surface area contributed by atoms with Gasteiger partial charge in [0.15, 0.2) is 0 Å². The van der Waals surface area contributed by atoms with Gasteiger partial charge in [-0.2, -0.15) is 0 Å². The van der Waals surface area contributed by atoms with Gasteiger partial charge in [-0.15, -0.1) is 0 Å². The van der Waals surface area contributed by atoms with Crippen molar-refractivity contribution >= 4 is 5.95 Å². The van der Waals surface area contributed by atoms with Crippen molar-refractivity contribution in [3.63, 3.8) is 0 Å². The van der Waals surface area contributed by atoms with Crippen molar-refractivity contribution < 1.29 is 0 Å². The van der Waals surface area contributed by atoms with Crippen molar-refractivity contribution in [2.45, 2.75) is 51.0 Å². The number of nitrogens with one attached hydrogen (secondary N) is 1. The van der Waals surface area contributed by atoms with Crippen LogP contribution >= 0.6 is 0 Å². The van der Waals surface area contributed by atoms with Crippen LogP contribution in [-0.2, 0) is 0 Å². The predicted molar refractivity (Wildman–Crippen MR) is 59.6 cm³/mol. The van der Waals surface area contributed by atoms with Gasteiger partial charge in [0.25, 0.3) is 0 Å². The second-order valence-electron chi connectivity index (χ2n) is 4.32. The number of hydrogen-bond donors (Lipinski definition) is 1. The van der Waals surface area contributed by atoms with E-state index in [0.717, 1.165) is 5.95 Å². The van der Waals surface area contributed by atoms with E-state index in [1.165, 1.54) is 51.2 Å². The van der Waals surface area contributed by atoms with E-state index in [-0.39, 0.29) is 0 Å². The molecule has 1 saturated carbocycles. The Morgan fingerprint density at radius 1 is 1.27 bits per heavy atom. The molecule has 1 aliphatic rings. The average Bonchev–Trinajstić information content (AvgIpc) is 3.00. The lowest BCUT2D eigenvalue weighted by atomic mass is 10.1. The maximum absolute atomic E-state index is 4.10. The van der Waals surface area contributed by atoms with Crippen LogP contribution in [0.15, 0.2) is 12.7 Å². The fraction of sp³-hybridized carbons (Fsp3) is 0.727. The summed E-state index contributed by atoms with van der Waals surface area (Å²) >= 11 is 0. The molecule has 0 aromatic carbocycles. The van der Waals surface area contributed by atoms with Crippen molar-refractivity contribution in [2.75, 3.05) is 5.32 Å². The van der Waals surface area contributed by atoms with E-state index in [4.69, 9.17) is 0 Å². The van der Waals surface area contributed by atoms with Crippen molar-refractivity contribution in [1.82, 2.24) is 15.0 Å². The lowest BCUT2D eigenvalue weighted by molar-refractivity contribution is 0.577. The molecular formula is C11H18N4. The Morgan fingerprint density at radius 2 is 2.00 bits per heavy atom. The van der Waals surface area contributed by atoms with Gasteiger partial charge < -0.3 is 5.32 Å². The summed E-state index contributed by atoms with van der Waals surface area (Å²) in [4.78, 5) is 12.0. The van der Waals surface area contributed by atoms with Gasteiger partial charge in [0.1, 0.15) is 12.7 Å². The number of anilines is 1. The van der Waals surface area contributed by atoms with Crippen molar-refractivity contribution in [3.05, 3.63) is 12.7 Å². The van der Waals surface area contributed by atoms with E-state index in [0.29, 0.717) is 5.54 Å². The van der Waals surface area contributed by atoms with Gasteiger partial charge in [-0.05, 0) is 19.3 Å². The third-order valence-corrected chi connectivity index (χ3v) is 2.98. The van der Waals surface area contributed by atoms with Gasteiger partial charge in [0.05, 0.1) is 0 Å². The molecule has 1 aromatic heterocycles. The van der Waals surface area contributed by atoms with E-state index in [2.05, 4.69) is 27.2 Å². The van der Waals surface area contributed by atoms with Gasteiger partial charge in [0.2, 0.25) is 5.95 Å². The lowest BCUT2D eigenvalue weighted by Gasteiger charge is -2.16. The fourth-order valence-electron chi connectivity index (χ4n) is 1.84. The number of aromatic nitrogens is 3. The second-order valence-corrected chi connectivity index (χ2v) is 4.32. The Labute approximate surface area is 90.6 Å². The summed E-state index contributed by atoms with van der Waals surface area (Å²) < 4.78 is 0. The maximum atomic E-state index is 4.10. The van der Waals surface area contributed by atoms with Gasteiger partial charge in [-0.1, -0.05) is 26.2 Å². The van der Waals surface area contributed by atoms with Crippen LogP contribution in [-0.4, -0.2) is 20.5 Å². The van der Waals surface area contributed by atoms with E-state index in [1.807, 2.05) is 0 Å². The minimum absolute atomic E-state index is 0.302. The van der Waals surface area contributed by atoms with Crippen LogP contribution in [0.4, 0.5) is 5.95 Å². The summed E-state index contributed by atoms with van der Waals surface area (Å²) in [7, 11) is 0. The quantitative estimate of drug-likeness (QED) is 0.726. The molecule has 2 rings (SSSR count). The zero-order valence-corrected chi connectivity index (χ0v) is 9.24. The molecule has 0 saturated heterocycles. The van der Waals surface area contributed by atoms with E-state index in [9.17, 15) is 0 Å². The number of nitrogens with zero attached hydrogens (tertiary/aromatic N) is 3.